The SMILES string of the molecule is COc1cccc(CN(C)Cc2nc(C(C)(C)N)no2)c1.Cl. The number of nitrogens with two attached hydrogens (primary N) is 1. The minimum Gasteiger partial charge on any atom is -0.497 e. The lowest BCUT2D eigenvalue weighted by molar-refractivity contribution is 0.259. The van der Waals surface area contributed by atoms with Crippen LogP contribution in [0.5, 0.6) is 5.75 Å². The van der Waals surface area contributed by atoms with Gasteiger partial charge in [-0.15, -0.1) is 12.4 Å². The summed E-state index contributed by atoms with van der Waals surface area (Å²) in [6, 6.07) is 7.97. The zero-order valence-electron chi connectivity index (χ0n) is 13.4. The van der Waals surface area contributed by atoms with Crippen LogP contribution in [-0.4, -0.2) is 29.2 Å². The van der Waals surface area contributed by atoms with Crippen LogP contribution in [0, 0.1) is 0 Å². The van der Waals surface area contributed by atoms with Crippen molar-refractivity contribution in [3.63, 3.8) is 0 Å². The maximum absolute atomic E-state index is 5.94. The highest BCUT2D eigenvalue weighted by molar-refractivity contribution is 5.85. The highest BCUT2D eigenvalue weighted by Gasteiger charge is 2.21. The van der Waals surface area contributed by atoms with E-state index in [1.807, 2.05) is 39.1 Å². The lowest BCUT2D eigenvalue weighted by Gasteiger charge is -2.15. The fourth-order valence-electron chi connectivity index (χ4n) is 1.95. The molecule has 0 aliphatic rings. The molecule has 0 fully saturated rings. The number of aromatic nitrogens is 2. The second kappa shape index (κ2) is 7.58. The zero-order valence-corrected chi connectivity index (χ0v) is 14.2. The van der Waals surface area contributed by atoms with Gasteiger partial charge in [-0.3, -0.25) is 4.90 Å². The molecule has 2 rings (SSSR count). The van der Waals surface area contributed by atoms with E-state index in [-0.39, 0.29) is 12.4 Å². The van der Waals surface area contributed by atoms with Crippen LogP contribution in [0.3, 0.4) is 0 Å². The Morgan fingerprint density at radius 2 is 2.05 bits per heavy atom. The smallest absolute Gasteiger partial charge is 0.240 e. The molecule has 22 heavy (non-hydrogen) atoms. The molecule has 0 aliphatic heterocycles. The summed E-state index contributed by atoms with van der Waals surface area (Å²) in [6.45, 7) is 5.03. The summed E-state index contributed by atoms with van der Waals surface area (Å²) < 4.78 is 10.5. The van der Waals surface area contributed by atoms with Gasteiger partial charge in [0.2, 0.25) is 5.89 Å². The fraction of sp³-hybridized carbons (Fsp3) is 0.467. The number of hydrogen-bond donors (Lipinski definition) is 1. The molecular weight excluding hydrogens is 304 g/mol. The first-order valence-corrected chi connectivity index (χ1v) is 6.82. The minimum atomic E-state index is -0.590. The molecule has 1 heterocycles. The summed E-state index contributed by atoms with van der Waals surface area (Å²) in [5.41, 5.74) is 6.52. The van der Waals surface area contributed by atoms with Gasteiger partial charge in [-0.25, -0.2) is 0 Å². The van der Waals surface area contributed by atoms with E-state index < -0.39 is 5.54 Å². The van der Waals surface area contributed by atoms with Gasteiger partial charge in [0.25, 0.3) is 0 Å². The van der Waals surface area contributed by atoms with E-state index in [2.05, 4.69) is 21.1 Å². The third-order valence-corrected chi connectivity index (χ3v) is 3.04. The molecule has 0 saturated carbocycles. The molecule has 0 spiro atoms. The Bertz CT molecular complexity index is 595. The standard InChI is InChI=1S/C15H22N4O2.ClH/c1-15(2,16)14-17-13(21-18-14)10-19(3)9-11-6-5-7-12(8-11)20-4;/h5-8H,9-10,16H2,1-4H3;1H. The fourth-order valence-corrected chi connectivity index (χ4v) is 1.95. The van der Waals surface area contributed by atoms with Crippen LogP contribution >= 0.6 is 12.4 Å². The molecule has 0 radical (unpaired) electrons. The van der Waals surface area contributed by atoms with Gasteiger partial charge in [0.15, 0.2) is 5.82 Å². The summed E-state index contributed by atoms with van der Waals surface area (Å²) in [5, 5.41) is 3.92. The van der Waals surface area contributed by atoms with Crippen molar-refractivity contribution in [1.82, 2.24) is 15.0 Å². The van der Waals surface area contributed by atoms with E-state index in [4.69, 9.17) is 15.0 Å². The van der Waals surface area contributed by atoms with Gasteiger partial charge < -0.3 is 15.0 Å². The first kappa shape index (κ1) is 18.4. The third kappa shape index (κ3) is 4.98. The highest BCUT2D eigenvalue weighted by Crippen LogP contribution is 2.16. The molecular formula is C15H23ClN4O2. The molecule has 7 heteroatoms. The normalized spacial score (nSPS) is 11.4. The maximum atomic E-state index is 5.94. The number of nitrogens with zero attached hydrogens (tertiary/aromatic N) is 3. The van der Waals surface area contributed by atoms with Gasteiger partial charge in [-0.2, -0.15) is 4.98 Å². The molecule has 0 aliphatic carbocycles. The molecule has 0 unspecified atom stereocenters. The second-order valence-corrected chi connectivity index (χ2v) is 5.76. The largest absolute Gasteiger partial charge is 0.497 e. The van der Waals surface area contributed by atoms with Crippen LogP contribution in [0.15, 0.2) is 28.8 Å². The number of rotatable bonds is 6. The van der Waals surface area contributed by atoms with Crippen molar-refractivity contribution in [3.8, 4) is 5.75 Å². The Labute approximate surface area is 137 Å². The van der Waals surface area contributed by atoms with Crippen molar-refractivity contribution in [2.75, 3.05) is 14.2 Å². The van der Waals surface area contributed by atoms with Crippen molar-refractivity contribution >= 4 is 12.4 Å². The third-order valence-electron chi connectivity index (χ3n) is 3.04. The Morgan fingerprint density at radius 3 is 2.64 bits per heavy atom. The van der Waals surface area contributed by atoms with Crippen molar-refractivity contribution in [3.05, 3.63) is 41.5 Å². The van der Waals surface area contributed by atoms with Crippen molar-refractivity contribution in [1.29, 1.82) is 0 Å². The Morgan fingerprint density at radius 1 is 1.32 bits per heavy atom. The van der Waals surface area contributed by atoms with Gasteiger partial charge in [0.05, 0.1) is 19.2 Å². The van der Waals surface area contributed by atoms with Gasteiger partial charge in [0, 0.05) is 6.54 Å². The van der Waals surface area contributed by atoms with E-state index >= 15 is 0 Å². The maximum Gasteiger partial charge on any atom is 0.240 e. The molecule has 0 saturated heterocycles. The molecule has 6 nitrogen and oxygen atoms in total. The molecule has 1 aromatic heterocycles. The summed E-state index contributed by atoms with van der Waals surface area (Å²) in [7, 11) is 3.66. The van der Waals surface area contributed by atoms with Crippen LogP contribution in [0.1, 0.15) is 31.1 Å². The van der Waals surface area contributed by atoms with E-state index in [1.165, 1.54) is 0 Å². The van der Waals surface area contributed by atoms with Gasteiger partial charge in [0.1, 0.15) is 5.75 Å². The van der Waals surface area contributed by atoms with Gasteiger partial charge >= 0.3 is 0 Å². The molecule has 0 amide bonds. The predicted molar refractivity (Wildman–Crippen MR) is 86.9 cm³/mol. The number of halogens is 1. The van der Waals surface area contributed by atoms with Gasteiger partial charge in [-0.1, -0.05) is 17.3 Å². The highest BCUT2D eigenvalue weighted by atomic mass is 35.5. The van der Waals surface area contributed by atoms with Gasteiger partial charge in [-0.05, 0) is 38.6 Å². The minimum absolute atomic E-state index is 0. The molecule has 2 aromatic rings. The van der Waals surface area contributed by atoms with Crippen molar-refractivity contribution in [2.24, 2.45) is 5.73 Å². The average Bonchev–Trinajstić information content (AvgIpc) is 2.87. The Hall–Kier alpha value is -1.63. The summed E-state index contributed by atoms with van der Waals surface area (Å²) >= 11 is 0. The predicted octanol–water partition coefficient (Wildman–Crippen LogP) is 2.33. The zero-order chi connectivity index (χ0) is 15.5. The summed E-state index contributed by atoms with van der Waals surface area (Å²) in [4.78, 5) is 6.42. The van der Waals surface area contributed by atoms with Crippen LogP contribution in [0.4, 0.5) is 0 Å². The quantitative estimate of drug-likeness (QED) is 0.877. The van der Waals surface area contributed by atoms with Crippen molar-refractivity contribution < 1.29 is 9.26 Å². The lowest BCUT2D eigenvalue weighted by atomic mass is 10.1. The lowest BCUT2D eigenvalue weighted by Crippen LogP contribution is -2.30. The van der Waals surface area contributed by atoms with E-state index in [1.54, 1.807) is 7.11 Å². The second-order valence-electron chi connectivity index (χ2n) is 5.76. The molecule has 0 bridgehead atoms. The van der Waals surface area contributed by atoms with Crippen molar-refractivity contribution in [2.45, 2.75) is 32.5 Å². The molecule has 0 atom stereocenters. The molecule has 2 N–H and O–H groups in total. The van der Waals surface area contributed by atoms with E-state index in [0.29, 0.717) is 18.3 Å². The molecule has 1 aromatic carbocycles. The molecule has 122 valence electrons. The van der Waals surface area contributed by atoms with Crippen LogP contribution in [0.2, 0.25) is 0 Å². The first-order chi connectivity index (χ1) is 9.88. The van der Waals surface area contributed by atoms with E-state index in [9.17, 15) is 0 Å². The number of benzene rings is 1. The Balaban J connectivity index is 0.00000242. The average molecular weight is 327 g/mol. The van der Waals surface area contributed by atoms with Crippen LogP contribution in [-0.2, 0) is 18.6 Å². The first-order valence-electron chi connectivity index (χ1n) is 6.82. The van der Waals surface area contributed by atoms with Crippen LogP contribution < -0.4 is 10.5 Å². The van der Waals surface area contributed by atoms with Crippen LogP contribution in [0.25, 0.3) is 0 Å². The monoisotopic (exact) mass is 326 g/mol. The number of ether oxygens (including phenoxy) is 1. The Kier molecular flexibility index (Phi) is 6.34. The summed E-state index contributed by atoms with van der Waals surface area (Å²) in [5.74, 6) is 1.94. The number of hydrogen-bond acceptors (Lipinski definition) is 6. The number of methoxy groups -OCH3 is 1. The van der Waals surface area contributed by atoms with E-state index in [0.717, 1.165) is 17.9 Å². The summed E-state index contributed by atoms with van der Waals surface area (Å²) in [6.07, 6.45) is 0. The topological polar surface area (TPSA) is 77.4 Å².